The molecule has 0 bridgehead atoms. The predicted octanol–water partition coefficient (Wildman–Crippen LogP) is 3.17. The number of hydrogen-bond acceptors (Lipinski definition) is 4. The van der Waals surface area contributed by atoms with Crippen LogP contribution in [-0.2, 0) is 11.2 Å². The summed E-state index contributed by atoms with van der Waals surface area (Å²) in [6.07, 6.45) is 1.07. The Balaban J connectivity index is 1.41. The van der Waals surface area contributed by atoms with E-state index >= 15 is 0 Å². The number of benzene rings is 2. The van der Waals surface area contributed by atoms with Crippen molar-refractivity contribution in [3.63, 3.8) is 0 Å². The molecule has 0 aromatic heterocycles. The molecule has 5 heteroatoms. The van der Waals surface area contributed by atoms with Crippen molar-refractivity contribution in [2.45, 2.75) is 32.3 Å². The summed E-state index contributed by atoms with van der Waals surface area (Å²) in [5.41, 5.74) is 1.84. The van der Waals surface area contributed by atoms with Crippen LogP contribution in [0.1, 0.15) is 35.7 Å². The van der Waals surface area contributed by atoms with Crippen LogP contribution in [0.2, 0.25) is 0 Å². The van der Waals surface area contributed by atoms with E-state index in [-0.39, 0.29) is 30.6 Å². The van der Waals surface area contributed by atoms with E-state index in [1.54, 1.807) is 0 Å². The largest absolute Gasteiger partial charge is 0.486 e. The van der Waals surface area contributed by atoms with Gasteiger partial charge in [0.25, 0.3) is 0 Å². The molecule has 1 aliphatic rings. The van der Waals surface area contributed by atoms with E-state index in [1.807, 2.05) is 48.5 Å². The quantitative estimate of drug-likeness (QED) is 0.777. The lowest BCUT2D eigenvalue weighted by Gasteiger charge is -2.26. The Morgan fingerprint density at radius 1 is 1.04 bits per heavy atom. The fourth-order valence-electron chi connectivity index (χ4n) is 2.78. The molecule has 0 aliphatic carbocycles. The van der Waals surface area contributed by atoms with Crippen molar-refractivity contribution in [1.82, 2.24) is 5.32 Å². The Bertz CT molecular complexity index is 770. The van der Waals surface area contributed by atoms with Gasteiger partial charge in [-0.05, 0) is 24.1 Å². The monoisotopic (exact) mass is 353 g/mol. The molecule has 1 N–H and O–H groups in total. The van der Waals surface area contributed by atoms with Crippen LogP contribution in [0, 0.1) is 0 Å². The van der Waals surface area contributed by atoms with Crippen LogP contribution in [0.3, 0.4) is 0 Å². The predicted molar refractivity (Wildman–Crippen MR) is 98.7 cm³/mol. The number of fused-ring (bicyclic) bond motifs is 1. The maximum absolute atomic E-state index is 12.2. The molecule has 0 spiro atoms. The smallest absolute Gasteiger partial charge is 0.220 e. The molecule has 2 aromatic rings. The van der Waals surface area contributed by atoms with Gasteiger partial charge in [-0.1, -0.05) is 43.3 Å². The van der Waals surface area contributed by atoms with Crippen molar-refractivity contribution in [3.05, 3.63) is 59.7 Å². The lowest BCUT2D eigenvalue weighted by atomic mass is 10.0. The maximum Gasteiger partial charge on any atom is 0.220 e. The molecule has 1 atom stereocenters. The van der Waals surface area contributed by atoms with Crippen LogP contribution >= 0.6 is 0 Å². The second-order valence-electron chi connectivity index (χ2n) is 6.28. The van der Waals surface area contributed by atoms with Crippen LogP contribution in [0.15, 0.2) is 48.5 Å². The third-order valence-corrected chi connectivity index (χ3v) is 4.36. The number of carbonyl (C=O) groups excluding carboxylic acids is 2. The lowest BCUT2D eigenvalue weighted by molar-refractivity contribution is -0.121. The molecule has 0 radical (unpaired) electrons. The van der Waals surface area contributed by atoms with Gasteiger partial charge in [-0.2, -0.15) is 0 Å². The molecule has 1 amide bonds. The highest BCUT2D eigenvalue weighted by atomic mass is 16.6. The number of carbonyl (C=O) groups is 2. The average Bonchev–Trinajstić information content (AvgIpc) is 2.70. The van der Waals surface area contributed by atoms with Crippen molar-refractivity contribution in [3.8, 4) is 11.5 Å². The maximum atomic E-state index is 12.2. The highest BCUT2D eigenvalue weighted by Crippen LogP contribution is 2.30. The minimum atomic E-state index is -0.230. The molecule has 0 unspecified atom stereocenters. The fraction of sp³-hybridized carbons (Fsp3) is 0.333. The molecular formula is C21H23NO4. The second-order valence-corrected chi connectivity index (χ2v) is 6.28. The number of rotatable bonds is 7. The van der Waals surface area contributed by atoms with E-state index < -0.39 is 0 Å². The molecule has 26 heavy (non-hydrogen) atoms. The van der Waals surface area contributed by atoms with Gasteiger partial charge in [0.1, 0.15) is 12.7 Å². The Hall–Kier alpha value is -2.82. The highest BCUT2D eigenvalue weighted by Gasteiger charge is 2.21. The molecule has 0 saturated carbocycles. The van der Waals surface area contributed by atoms with Crippen molar-refractivity contribution in [2.75, 3.05) is 13.2 Å². The SMILES string of the molecule is CCc1ccc(C(=O)CCC(=O)NC[C@@H]2COc3ccccc3O2)cc1. The molecule has 1 aliphatic heterocycles. The normalized spacial score (nSPS) is 15.3. The minimum Gasteiger partial charge on any atom is -0.486 e. The summed E-state index contributed by atoms with van der Waals surface area (Å²) in [7, 11) is 0. The van der Waals surface area contributed by atoms with E-state index in [1.165, 1.54) is 5.56 Å². The van der Waals surface area contributed by atoms with Crippen molar-refractivity contribution >= 4 is 11.7 Å². The third kappa shape index (κ3) is 4.63. The van der Waals surface area contributed by atoms with Gasteiger partial charge in [-0.15, -0.1) is 0 Å². The number of hydrogen-bond donors (Lipinski definition) is 1. The van der Waals surface area contributed by atoms with E-state index in [9.17, 15) is 9.59 Å². The van der Waals surface area contributed by atoms with Gasteiger partial charge in [-0.25, -0.2) is 0 Å². The molecular weight excluding hydrogens is 330 g/mol. The molecule has 3 rings (SSSR count). The first kappa shape index (κ1) is 18.0. The van der Waals surface area contributed by atoms with Crippen molar-refractivity contribution in [1.29, 1.82) is 0 Å². The van der Waals surface area contributed by atoms with Gasteiger partial charge < -0.3 is 14.8 Å². The summed E-state index contributed by atoms with van der Waals surface area (Å²) in [5, 5.41) is 2.81. The van der Waals surface area contributed by atoms with E-state index in [2.05, 4.69) is 12.2 Å². The molecule has 1 heterocycles. The van der Waals surface area contributed by atoms with Crippen LogP contribution in [0.5, 0.6) is 11.5 Å². The minimum absolute atomic E-state index is 0.0195. The Morgan fingerprint density at radius 3 is 2.50 bits per heavy atom. The Morgan fingerprint density at radius 2 is 1.77 bits per heavy atom. The molecule has 136 valence electrons. The van der Waals surface area contributed by atoms with Gasteiger partial charge in [-0.3, -0.25) is 9.59 Å². The number of Topliss-reactive ketones (excluding diaryl/α,β-unsaturated/α-hetero) is 1. The summed E-state index contributed by atoms with van der Waals surface area (Å²) in [4.78, 5) is 24.2. The van der Waals surface area contributed by atoms with Crippen molar-refractivity contribution in [2.24, 2.45) is 0 Å². The number of amides is 1. The first-order valence-corrected chi connectivity index (χ1v) is 8.93. The third-order valence-electron chi connectivity index (χ3n) is 4.36. The number of para-hydroxylation sites is 2. The average molecular weight is 353 g/mol. The highest BCUT2D eigenvalue weighted by molar-refractivity contribution is 5.97. The number of ketones is 1. The number of aryl methyl sites for hydroxylation is 1. The van der Waals surface area contributed by atoms with E-state index in [0.717, 1.165) is 12.2 Å². The van der Waals surface area contributed by atoms with Gasteiger partial charge in [0, 0.05) is 18.4 Å². The second kappa shape index (κ2) is 8.52. The summed E-state index contributed by atoms with van der Waals surface area (Å²) < 4.78 is 11.4. The standard InChI is InChI=1S/C21H23NO4/c1-2-15-7-9-16(10-8-15)18(23)11-12-21(24)22-13-17-14-25-19-5-3-4-6-20(19)26-17/h3-10,17H,2,11-14H2,1H3,(H,22,24)/t17-/m1/s1. The van der Waals surface area contributed by atoms with E-state index in [0.29, 0.717) is 24.5 Å². The summed E-state index contributed by atoms with van der Waals surface area (Å²) >= 11 is 0. The van der Waals surface area contributed by atoms with Gasteiger partial charge in [0.2, 0.25) is 5.91 Å². The first-order valence-electron chi connectivity index (χ1n) is 8.93. The molecule has 5 nitrogen and oxygen atoms in total. The van der Waals surface area contributed by atoms with Gasteiger partial charge in [0.15, 0.2) is 17.3 Å². The van der Waals surface area contributed by atoms with Crippen LogP contribution < -0.4 is 14.8 Å². The van der Waals surface area contributed by atoms with Gasteiger partial charge in [0.05, 0.1) is 6.54 Å². The zero-order valence-corrected chi connectivity index (χ0v) is 14.9. The fourth-order valence-corrected chi connectivity index (χ4v) is 2.78. The number of ether oxygens (including phenoxy) is 2. The topological polar surface area (TPSA) is 64.6 Å². The molecule has 2 aromatic carbocycles. The molecule has 0 saturated heterocycles. The lowest BCUT2D eigenvalue weighted by Crippen LogP contribution is -2.40. The summed E-state index contributed by atoms with van der Waals surface area (Å²) in [6.45, 7) is 2.81. The Kier molecular flexibility index (Phi) is 5.89. The van der Waals surface area contributed by atoms with Crippen LogP contribution in [0.4, 0.5) is 0 Å². The zero-order chi connectivity index (χ0) is 18.4. The Labute approximate surface area is 153 Å². The first-order chi connectivity index (χ1) is 12.7. The molecule has 0 fully saturated rings. The van der Waals surface area contributed by atoms with Gasteiger partial charge >= 0.3 is 0 Å². The number of nitrogens with one attached hydrogen (secondary N) is 1. The summed E-state index contributed by atoms with van der Waals surface area (Å²) in [6, 6.07) is 15.0. The van der Waals surface area contributed by atoms with Crippen LogP contribution in [0.25, 0.3) is 0 Å². The van der Waals surface area contributed by atoms with Crippen LogP contribution in [-0.4, -0.2) is 30.9 Å². The van der Waals surface area contributed by atoms with Crippen molar-refractivity contribution < 1.29 is 19.1 Å². The zero-order valence-electron chi connectivity index (χ0n) is 14.9. The van der Waals surface area contributed by atoms with E-state index in [4.69, 9.17) is 9.47 Å². The summed E-state index contributed by atoms with van der Waals surface area (Å²) in [5.74, 6) is 1.22.